The maximum Gasteiger partial charge on any atom is 0.586 e. The fraction of sp³-hybridized carbons (Fsp3) is 0.273. The Bertz CT molecular complexity index is 440. The molecule has 0 unspecified atom stereocenters. The molecule has 1 aliphatic heterocycles. The fourth-order valence-electron chi connectivity index (χ4n) is 1.34. The molecule has 3 nitrogen and oxygen atoms in total. The quantitative estimate of drug-likeness (QED) is 0.633. The molecule has 0 aliphatic carbocycles. The highest BCUT2D eigenvalue weighted by molar-refractivity contribution is 5.55. The zero-order chi connectivity index (χ0) is 11.6. The van der Waals surface area contributed by atoms with E-state index in [1.54, 1.807) is 6.07 Å². The van der Waals surface area contributed by atoms with Crippen LogP contribution in [0.2, 0.25) is 0 Å². The van der Waals surface area contributed by atoms with E-state index >= 15 is 0 Å². The third kappa shape index (κ3) is 2.16. The lowest BCUT2D eigenvalue weighted by Crippen LogP contribution is -2.25. The van der Waals surface area contributed by atoms with Crippen LogP contribution in [-0.2, 0) is 0 Å². The van der Waals surface area contributed by atoms with Crippen molar-refractivity contribution in [3.63, 3.8) is 0 Å². The number of ether oxygens (including phenoxy) is 2. The van der Waals surface area contributed by atoms with Gasteiger partial charge in [-0.05, 0) is 12.1 Å². The van der Waals surface area contributed by atoms with Gasteiger partial charge in [0, 0.05) is 24.7 Å². The smallest absolute Gasteiger partial charge is 0.395 e. The molecule has 5 heteroatoms. The third-order valence-electron chi connectivity index (χ3n) is 2.00. The van der Waals surface area contributed by atoms with Crippen molar-refractivity contribution < 1.29 is 18.3 Å². The number of terminal acetylenes is 1. The lowest BCUT2D eigenvalue weighted by atomic mass is 10.2. The number of hydrogen-bond acceptors (Lipinski definition) is 3. The molecule has 0 spiro atoms. The minimum absolute atomic E-state index is 0.0238. The largest absolute Gasteiger partial charge is 0.586 e. The van der Waals surface area contributed by atoms with Gasteiger partial charge in [0.1, 0.15) is 0 Å². The van der Waals surface area contributed by atoms with Crippen LogP contribution in [0, 0.1) is 12.3 Å². The van der Waals surface area contributed by atoms with Gasteiger partial charge in [0.25, 0.3) is 0 Å². The van der Waals surface area contributed by atoms with Crippen LogP contribution in [0.4, 0.5) is 14.5 Å². The van der Waals surface area contributed by atoms with Crippen molar-refractivity contribution in [1.29, 1.82) is 0 Å². The molecule has 0 radical (unpaired) electrons. The molecule has 0 amide bonds. The van der Waals surface area contributed by atoms with E-state index in [2.05, 4.69) is 20.7 Å². The van der Waals surface area contributed by atoms with Crippen molar-refractivity contribution in [3.05, 3.63) is 18.2 Å². The van der Waals surface area contributed by atoms with Crippen LogP contribution < -0.4 is 14.8 Å². The second-order valence-corrected chi connectivity index (χ2v) is 3.21. The van der Waals surface area contributed by atoms with Crippen LogP contribution in [0.5, 0.6) is 11.5 Å². The standard InChI is InChI=1S/C11H9F2NO2/c1-2-3-6-14-8-4-5-9-10(7-8)16-11(12,13)15-9/h1,4-5,7,14H,3,6H2. The molecule has 0 saturated heterocycles. The summed E-state index contributed by atoms with van der Waals surface area (Å²) in [5.74, 6) is 2.52. The average Bonchev–Trinajstić information content (AvgIpc) is 2.51. The molecule has 1 aromatic carbocycles. The number of rotatable bonds is 3. The molecule has 1 N–H and O–H groups in total. The zero-order valence-corrected chi connectivity index (χ0v) is 8.30. The van der Waals surface area contributed by atoms with Crippen molar-refractivity contribution in [2.24, 2.45) is 0 Å². The van der Waals surface area contributed by atoms with Crippen molar-refractivity contribution >= 4 is 5.69 Å². The number of fused-ring (bicyclic) bond motifs is 1. The van der Waals surface area contributed by atoms with E-state index in [0.29, 0.717) is 18.7 Å². The Hall–Kier alpha value is -1.96. The molecule has 1 heterocycles. The summed E-state index contributed by atoms with van der Waals surface area (Å²) < 4.78 is 33.9. The Morgan fingerprint density at radius 1 is 1.31 bits per heavy atom. The molecule has 84 valence electrons. The lowest BCUT2D eigenvalue weighted by molar-refractivity contribution is -0.286. The Kier molecular flexibility index (Phi) is 2.57. The second-order valence-electron chi connectivity index (χ2n) is 3.21. The van der Waals surface area contributed by atoms with Gasteiger partial charge in [0.2, 0.25) is 0 Å². The molecule has 1 aliphatic rings. The van der Waals surface area contributed by atoms with Crippen molar-refractivity contribution in [1.82, 2.24) is 0 Å². The third-order valence-corrected chi connectivity index (χ3v) is 2.00. The number of nitrogens with one attached hydrogen (secondary N) is 1. The van der Waals surface area contributed by atoms with Gasteiger partial charge in [0.15, 0.2) is 11.5 Å². The summed E-state index contributed by atoms with van der Waals surface area (Å²) in [5, 5.41) is 2.98. The van der Waals surface area contributed by atoms with Crippen LogP contribution in [0.3, 0.4) is 0 Å². The summed E-state index contributed by atoms with van der Waals surface area (Å²) in [6.45, 7) is 0.576. The van der Waals surface area contributed by atoms with Crippen molar-refractivity contribution in [2.45, 2.75) is 12.7 Å². The predicted molar refractivity (Wildman–Crippen MR) is 54.6 cm³/mol. The summed E-state index contributed by atoms with van der Waals surface area (Å²) in [4.78, 5) is 0. The first-order valence-corrected chi connectivity index (χ1v) is 4.68. The Morgan fingerprint density at radius 3 is 2.81 bits per heavy atom. The van der Waals surface area contributed by atoms with Gasteiger partial charge in [0.05, 0.1) is 0 Å². The van der Waals surface area contributed by atoms with Gasteiger partial charge in [-0.2, -0.15) is 0 Å². The van der Waals surface area contributed by atoms with Crippen LogP contribution in [0.15, 0.2) is 18.2 Å². The van der Waals surface area contributed by atoms with E-state index in [-0.39, 0.29) is 11.5 Å². The molecule has 2 rings (SSSR count). The van der Waals surface area contributed by atoms with Crippen LogP contribution in [-0.4, -0.2) is 12.8 Å². The first-order chi connectivity index (χ1) is 7.61. The fourth-order valence-corrected chi connectivity index (χ4v) is 1.34. The highest BCUT2D eigenvalue weighted by Crippen LogP contribution is 2.42. The monoisotopic (exact) mass is 225 g/mol. The summed E-state index contributed by atoms with van der Waals surface area (Å²) in [6.07, 6.45) is 2.07. The van der Waals surface area contributed by atoms with E-state index in [0.717, 1.165) is 0 Å². The number of hydrogen-bond donors (Lipinski definition) is 1. The highest BCUT2D eigenvalue weighted by Gasteiger charge is 2.43. The minimum atomic E-state index is -3.57. The van der Waals surface area contributed by atoms with Gasteiger partial charge < -0.3 is 14.8 Å². The first-order valence-electron chi connectivity index (χ1n) is 4.68. The van der Waals surface area contributed by atoms with Crippen LogP contribution in [0.25, 0.3) is 0 Å². The van der Waals surface area contributed by atoms with Gasteiger partial charge in [-0.3, -0.25) is 0 Å². The van der Waals surface area contributed by atoms with Gasteiger partial charge in [-0.1, -0.05) is 0 Å². The van der Waals surface area contributed by atoms with Crippen LogP contribution >= 0.6 is 0 Å². The minimum Gasteiger partial charge on any atom is -0.395 e. The van der Waals surface area contributed by atoms with E-state index in [1.165, 1.54) is 12.1 Å². The summed E-state index contributed by atoms with van der Waals surface area (Å²) in [5.41, 5.74) is 0.662. The SMILES string of the molecule is C#CCCNc1ccc2c(c1)OC(F)(F)O2. The Balaban J connectivity index is 2.08. The number of halogens is 2. The van der Waals surface area contributed by atoms with E-state index in [1.807, 2.05) is 0 Å². The maximum atomic E-state index is 12.7. The maximum absolute atomic E-state index is 12.7. The summed E-state index contributed by atoms with van der Waals surface area (Å²) in [7, 11) is 0. The predicted octanol–water partition coefficient (Wildman–Crippen LogP) is 2.44. The molecular formula is C11H9F2NO2. The lowest BCUT2D eigenvalue weighted by Gasteiger charge is -2.05. The van der Waals surface area contributed by atoms with E-state index in [4.69, 9.17) is 6.42 Å². The molecule has 0 saturated carbocycles. The molecule has 0 aromatic heterocycles. The topological polar surface area (TPSA) is 30.5 Å². The number of alkyl halides is 2. The van der Waals surface area contributed by atoms with Gasteiger partial charge >= 0.3 is 6.29 Å². The number of anilines is 1. The molecule has 0 atom stereocenters. The molecule has 16 heavy (non-hydrogen) atoms. The van der Waals surface area contributed by atoms with Gasteiger partial charge in [-0.15, -0.1) is 21.1 Å². The molecule has 0 fully saturated rings. The Morgan fingerprint density at radius 2 is 2.06 bits per heavy atom. The average molecular weight is 225 g/mol. The summed E-state index contributed by atoms with van der Waals surface area (Å²) in [6, 6.07) is 4.50. The van der Waals surface area contributed by atoms with Crippen molar-refractivity contribution in [2.75, 3.05) is 11.9 Å². The van der Waals surface area contributed by atoms with E-state index in [9.17, 15) is 8.78 Å². The number of benzene rings is 1. The van der Waals surface area contributed by atoms with Crippen LogP contribution in [0.1, 0.15) is 6.42 Å². The molecule has 0 bridgehead atoms. The summed E-state index contributed by atoms with van der Waals surface area (Å²) >= 11 is 0. The first kappa shape index (κ1) is 10.6. The second kappa shape index (κ2) is 3.89. The van der Waals surface area contributed by atoms with E-state index < -0.39 is 6.29 Å². The Labute approximate surface area is 91.4 Å². The molecular weight excluding hydrogens is 216 g/mol. The highest BCUT2D eigenvalue weighted by atomic mass is 19.3. The zero-order valence-electron chi connectivity index (χ0n) is 8.30. The van der Waals surface area contributed by atoms with Crippen molar-refractivity contribution in [3.8, 4) is 23.8 Å². The van der Waals surface area contributed by atoms with Gasteiger partial charge in [-0.25, -0.2) is 0 Å². The molecule has 1 aromatic rings. The normalized spacial score (nSPS) is 15.6.